The molecule has 8 nitrogen and oxygen atoms in total. The van der Waals surface area contributed by atoms with Gasteiger partial charge < -0.3 is 29.1 Å². The number of likely N-dealkylation sites (N-methyl/N-ethyl adjacent to an activating group) is 1. The van der Waals surface area contributed by atoms with Crippen LogP contribution in [0.2, 0.25) is 0 Å². The lowest BCUT2D eigenvalue weighted by Crippen LogP contribution is -2.35. The van der Waals surface area contributed by atoms with Crippen LogP contribution < -0.4 is 14.2 Å². The summed E-state index contributed by atoms with van der Waals surface area (Å²) in [5.74, 6) is -0.194. The van der Waals surface area contributed by atoms with Crippen molar-refractivity contribution < 1.29 is 28.9 Å². The van der Waals surface area contributed by atoms with Gasteiger partial charge in [0.1, 0.15) is 11.5 Å². The van der Waals surface area contributed by atoms with Crippen molar-refractivity contribution in [2.45, 2.75) is 6.04 Å². The lowest BCUT2D eigenvalue weighted by Gasteiger charge is -2.28. The van der Waals surface area contributed by atoms with E-state index < -0.39 is 17.7 Å². The van der Waals surface area contributed by atoms with Gasteiger partial charge in [0.2, 0.25) is 0 Å². The van der Waals surface area contributed by atoms with E-state index in [1.807, 2.05) is 19.0 Å². The maximum absolute atomic E-state index is 13.1. The van der Waals surface area contributed by atoms with Crippen LogP contribution in [0.15, 0.2) is 48.0 Å². The Labute approximate surface area is 187 Å². The van der Waals surface area contributed by atoms with Crippen molar-refractivity contribution in [1.29, 1.82) is 0 Å². The summed E-state index contributed by atoms with van der Waals surface area (Å²) in [6, 6.07) is 11.1. The molecule has 1 atom stereocenters. The molecule has 0 spiro atoms. The molecule has 3 rings (SSSR count). The van der Waals surface area contributed by atoms with E-state index in [-0.39, 0.29) is 11.3 Å². The number of carbonyl (C=O) groups excluding carboxylic acids is 2. The number of benzene rings is 2. The van der Waals surface area contributed by atoms with E-state index >= 15 is 0 Å². The number of aliphatic hydroxyl groups excluding tert-OH is 1. The van der Waals surface area contributed by atoms with Gasteiger partial charge >= 0.3 is 0 Å². The van der Waals surface area contributed by atoms with Gasteiger partial charge in [-0.25, -0.2) is 0 Å². The van der Waals surface area contributed by atoms with Crippen LogP contribution in [0.1, 0.15) is 17.2 Å². The summed E-state index contributed by atoms with van der Waals surface area (Å²) >= 11 is 0. The molecule has 0 aliphatic carbocycles. The van der Waals surface area contributed by atoms with Crippen molar-refractivity contribution in [3.05, 3.63) is 59.2 Å². The van der Waals surface area contributed by atoms with Crippen molar-refractivity contribution in [2.24, 2.45) is 0 Å². The molecule has 1 aliphatic rings. The Morgan fingerprint density at radius 1 is 1.00 bits per heavy atom. The number of Topliss-reactive ketones (excluding diaryl/α,β-unsaturated/α-hetero) is 1. The number of hydrogen-bond acceptors (Lipinski definition) is 7. The first-order chi connectivity index (χ1) is 15.3. The number of likely N-dealkylation sites (tertiary alicyclic amines) is 1. The largest absolute Gasteiger partial charge is 0.507 e. The number of para-hydroxylation sites is 1. The molecule has 170 valence electrons. The van der Waals surface area contributed by atoms with Gasteiger partial charge in [-0.2, -0.15) is 0 Å². The molecule has 2 aromatic rings. The summed E-state index contributed by atoms with van der Waals surface area (Å²) in [7, 11) is 8.32. The Balaban J connectivity index is 2.22. The average Bonchev–Trinajstić information content (AvgIpc) is 3.06. The Bertz CT molecular complexity index is 1030. The molecule has 8 heteroatoms. The minimum absolute atomic E-state index is 0.00507. The monoisotopic (exact) mass is 440 g/mol. The van der Waals surface area contributed by atoms with E-state index in [9.17, 15) is 14.7 Å². The molecule has 1 amide bonds. The number of methoxy groups -OCH3 is 3. The summed E-state index contributed by atoms with van der Waals surface area (Å²) in [6.07, 6.45) is 0. The van der Waals surface area contributed by atoms with Crippen molar-refractivity contribution in [3.63, 3.8) is 0 Å². The second kappa shape index (κ2) is 9.74. The minimum Gasteiger partial charge on any atom is -0.507 e. The van der Waals surface area contributed by atoms with E-state index in [2.05, 4.69) is 0 Å². The zero-order valence-corrected chi connectivity index (χ0v) is 18.9. The van der Waals surface area contributed by atoms with Crippen LogP contribution in [0.25, 0.3) is 5.76 Å². The molecule has 1 heterocycles. The maximum atomic E-state index is 13.1. The lowest BCUT2D eigenvalue weighted by atomic mass is 9.94. The standard InChI is InChI=1S/C24H28N2O6/c1-25(2)13-14-26-20(17-7-6-8-18(31-4)23(17)32-5)19(22(28)24(26)29)21(27)15-9-11-16(30-3)12-10-15/h6-12,20,27H,13-14H2,1-5H3/b21-19-. The van der Waals surface area contributed by atoms with E-state index in [0.29, 0.717) is 41.5 Å². The topological polar surface area (TPSA) is 88.5 Å². The zero-order chi connectivity index (χ0) is 23.4. The van der Waals surface area contributed by atoms with E-state index in [0.717, 1.165) is 0 Å². The molecular weight excluding hydrogens is 412 g/mol. The van der Waals surface area contributed by atoms with Crippen molar-refractivity contribution in [2.75, 3.05) is 48.5 Å². The highest BCUT2D eigenvalue weighted by Gasteiger charge is 2.47. The van der Waals surface area contributed by atoms with Crippen LogP contribution in [0.4, 0.5) is 0 Å². The van der Waals surface area contributed by atoms with Crippen molar-refractivity contribution in [3.8, 4) is 17.2 Å². The smallest absolute Gasteiger partial charge is 0.295 e. The molecule has 1 fully saturated rings. The molecule has 1 N–H and O–H groups in total. The number of rotatable bonds is 8. The third-order valence-corrected chi connectivity index (χ3v) is 5.42. The van der Waals surface area contributed by atoms with Crippen LogP contribution >= 0.6 is 0 Å². The molecule has 32 heavy (non-hydrogen) atoms. The molecule has 0 radical (unpaired) electrons. The van der Waals surface area contributed by atoms with E-state index in [4.69, 9.17) is 14.2 Å². The molecule has 1 saturated heterocycles. The number of amides is 1. The summed E-state index contributed by atoms with van der Waals surface area (Å²) < 4.78 is 16.2. The normalized spacial score (nSPS) is 17.7. The molecule has 1 aliphatic heterocycles. The number of hydrogen-bond donors (Lipinski definition) is 1. The number of ketones is 1. The second-order valence-electron chi connectivity index (χ2n) is 7.61. The van der Waals surface area contributed by atoms with Gasteiger partial charge in [-0.1, -0.05) is 12.1 Å². The highest BCUT2D eigenvalue weighted by atomic mass is 16.5. The predicted octanol–water partition coefficient (Wildman–Crippen LogP) is 2.70. The fourth-order valence-corrected chi connectivity index (χ4v) is 3.77. The molecule has 0 bridgehead atoms. The summed E-state index contributed by atoms with van der Waals surface area (Å²) in [4.78, 5) is 29.5. The van der Waals surface area contributed by atoms with E-state index in [1.54, 1.807) is 49.6 Å². The SMILES string of the molecule is COc1ccc(/C(O)=C2/C(=O)C(=O)N(CCN(C)C)C2c2cccc(OC)c2OC)cc1. The van der Waals surface area contributed by atoms with Gasteiger partial charge in [0, 0.05) is 24.2 Å². The third kappa shape index (κ3) is 4.27. The molecule has 0 aromatic heterocycles. The van der Waals surface area contributed by atoms with Gasteiger partial charge in [0.25, 0.3) is 11.7 Å². The van der Waals surface area contributed by atoms with Crippen LogP contribution in [-0.2, 0) is 9.59 Å². The Morgan fingerprint density at radius 3 is 2.25 bits per heavy atom. The third-order valence-electron chi connectivity index (χ3n) is 5.42. The van der Waals surface area contributed by atoms with Crippen LogP contribution in [0, 0.1) is 0 Å². The fourth-order valence-electron chi connectivity index (χ4n) is 3.77. The Morgan fingerprint density at radius 2 is 1.69 bits per heavy atom. The first-order valence-corrected chi connectivity index (χ1v) is 10.1. The number of aliphatic hydroxyl groups is 1. The van der Waals surface area contributed by atoms with Gasteiger partial charge in [-0.3, -0.25) is 9.59 Å². The highest BCUT2D eigenvalue weighted by Crippen LogP contribution is 2.45. The second-order valence-corrected chi connectivity index (χ2v) is 7.61. The fraction of sp³-hybridized carbons (Fsp3) is 0.333. The minimum atomic E-state index is -0.831. The summed E-state index contributed by atoms with van der Waals surface area (Å²) in [5.41, 5.74) is 0.966. The quantitative estimate of drug-likeness (QED) is 0.384. The number of nitrogens with zero attached hydrogens (tertiary/aromatic N) is 2. The van der Waals surface area contributed by atoms with E-state index in [1.165, 1.54) is 19.1 Å². The molecule has 1 unspecified atom stereocenters. The maximum Gasteiger partial charge on any atom is 0.295 e. The van der Waals surface area contributed by atoms with Gasteiger partial charge in [0.05, 0.1) is 32.9 Å². The van der Waals surface area contributed by atoms with Crippen LogP contribution in [0.3, 0.4) is 0 Å². The Hall–Kier alpha value is -3.52. The average molecular weight is 440 g/mol. The molecular formula is C24H28N2O6. The van der Waals surface area contributed by atoms with Crippen molar-refractivity contribution >= 4 is 17.4 Å². The lowest BCUT2D eigenvalue weighted by molar-refractivity contribution is -0.140. The Kier molecular flexibility index (Phi) is 7.05. The number of ether oxygens (including phenoxy) is 3. The van der Waals surface area contributed by atoms with Gasteiger partial charge in [-0.05, 0) is 44.4 Å². The predicted molar refractivity (Wildman–Crippen MR) is 120 cm³/mol. The van der Waals surface area contributed by atoms with Crippen molar-refractivity contribution in [1.82, 2.24) is 9.80 Å². The number of carbonyl (C=O) groups is 2. The van der Waals surface area contributed by atoms with Gasteiger partial charge in [0.15, 0.2) is 11.5 Å². The first-order valence-electron chi connectivity index (χ1n) is 10.1. The van der Waals surface area contributed by atoms with Crippen LogP contribution in [0.5, 0.6) is 17.2 Å². The first kappa shape index (κ1) is 23.1. The van der Waals surface area contributed by atoms with Gasteiger partial charge in [-0.15, -0.1) is 0 Å². The van der Waals surface area contributed by atoms with Crippen LogP contribution in [-0.4, -0.2) is 75.1 Å². The zero-order valence-electron chi connectivity index (χ0n) is 18.9. The summed E-state index contributed by atoms with van der Waals surface area (Å²) in [5, 5.41) is 11.1. The highest BCUT2D eigenvalue weighted by molar-refractivity contribution is 6.46. The molecule has 2 aromatic carbocycles. The molecule has 0 saturated carbocycles. The summed E-state index contributed by atoms with van der Waals surface area (Å²) in [6.45, 7) is 0.834.